The van der Waals surface area contributed by atoms with E-state index in [1.807, 2.05) is 6.07 Å². The van der Waals surface area contributed by atoms with Crippen LogP contribution < -0.4 is 15.9 Å². The van der Waals surface area contributed by atoms with Gasteiger partial charge in [0.25, 0.3) is 0 Å². The average Bonchev–Trinajstić information content (AvgIpc) is 2.59. The van der Waals surface area contributed by atoms with E-state index < -0.39 is 11.1 Å². The SMILES string of the molecule is COc1cccc(-n2ccn(Cc3cccc(Cl)c3)c(=O)c2=O)c1. The first kappa shape index (κ1) is 16.1. The van der Waals surface area contributed by atoms with Crippen molar-refractivity contribution in [2.45, 2.75) is 6.54 Å². The second-order valence-electron chi connectivity index (χ2n) is 5.24. The number of ether oxygens (including phenoxy) is 1. The number of nitrogens with zero attached hydrogens (tertiary/aromatic N) is 2. The van der Waals surface area contributed by atoms with Crippen LogP contribution in [0.2, 0.25) is 5.02 Å². The first-order valence-electron chi connectivity index (χ1n) is 7.29. The highest BCUT2D eigenvalue weighted by Gasteiger charge is 2.08. The molecule has 3 rings (SSSR count). The zero-order chi connectivity index (χ0) is 17.1. The number of hydrogen-bond donors (Lipinski definition) is 0. The Bertz CT molecular complexity index is 992. The van der Waals surface area contributed by atoms with E-state index in [2.05, 4.69) is 0 Å². The fourth-order valence-electron chi connectivity index (χ4n) is 2.43. The zero-order valence-electron chi connectivity index (χ0n) is 13.0. The van der Waals surface area contributed by atoms with Gasteiger partial charge >= 0.3 is 11.1 Å². The predicted octanol–water partition coefficient (Wildman–Crippen LogP) is 2.71. The molecule has 0 N–H and O–H groups in total. The molecular formula is C18H15ClN2O3. The van der Waals surface area contributed by atoms with Crippen molar-refractivity contribution in [2.75, 3.05) is 7.11 Å². The summed E-state index contributed by atoms with van der Waals surface area (Å²) in [6.45, 7) is 0.285. The molecule has 122 valence electrons. The van der Waals surface area contributed by atoms with Crippen molar-refractivity contribution < 1.29 is 4.74 Å². The number of halogens is 1. The molecule has 0 atom stereocenters. The summed E-state index contributed by atoms with van der Waals surface area (Å²) in [6.07, 6.45) is 3.16. The monoisotopic (exact) mass is 342 g/mol. The summed E-state index contributed by atoms with van der Waals surface area (Å²) < 4.78 is 7.82. The van der Waals surface area contributed by atoms with Gasteiger partial charge in [0.05, 0.1) is 19.3 Å². The van der Waals surface area contributed by atoms with Crippen molar-refractivity contribution in [3.63, 3.8) is 0 Å². The first-order valence-corrected chi connectivity index (χ1v) is 7.67. The Morgan fingerprint density at radius 1 is 1.00 bits per heavy atom. The highest BCUT2D eigenvalue weighted by molar-refractivity contribution is 6.30. The van der Waals surface area contributed by atoms with Gasteiger partial charge in [0.1, 0.15) is 5.75 Å². The van der Waals surface area contributed by atoms with E-state index in [0.29, 0.717) is 16.5 Å². The van der Waals surface area contributed by atoms with Gasteiger partial charge in [-0.2, -0.15) is 0 Å². The Morgan fingerprint density at radius 3 is 2.54 bits per heavy atom. The maximum Gasteiger partial charge on any atom is 0.320 e. The molecule has 3 aromatic rings. The normalized spacial score (nSPS) is 10.6. The lowest BCUT2D eigenvalue weighted by Gasteiger charge is -2.10. The minimum Gasteiger partial charge on any atom is -0.497 e. The molecule has 1 aromatic heterocycles. The van der Waals surface area contributed by atoms with Crippen LogP contribution in [0.25, 0.3) is 5.69 Å². The third kappa shape index (κ3) is 3.26. The molecule has 0 saturated heterocycles. The summed E-state index contributed by atoms with van der Waals surface area (Å²) in [7, 11) is 1.55. The van der Waals surface area contributed by atoms with Crippen LogP contribution in [-0.2, 0) is 6.54 Å². The molecule has 24 heavy (non-hydrogen) atoms. The molecule has 0 saturated carbocycles. The summed E-state index contributed by atoms with van der Waals surface area (Å²) >= 11 is 5.95. The highest BCUT2D eigenvalue weighted by atomic mass is 35.5. The van der Waals surface area contributed by atoms with E-state index in [9.17, 15) is 9.59 Å². The van der Waals surface area contributed by atoms with Crippen molar-refractivity contribution in [1.29, 1.82) is 0 Å². The lowest BCUT2D eigenvalue weighted by Crippen LogP contribution is -2.40. The summed E-state index contributed by atoms with van der Waals surface area (Å²) in [4.78, 5) is 24.8. The predicted molar refractivity (Wildman–Crippen MR) is 93.4 cm³/mol. The fraction of sp³-hybridized carbons (Fsp3) is 0.111. The van der Waals surface area contributed by atoms with Gasteiger partial charge in [0.15, 0.2) is 0 Å². The quantitative estimate of drug-likeness (QED) is 0.685. The topological polar surface area (TPSA) is 53.2 Å². The molecule has 0 aliphatic rings. The van der Waals surface area contributed by atoms with Gasteiger partial charge in [0.2, 0.25) is 0 Å². The third-order valence-electron chi connectivity index (χ3n) is 3.63. The van der Waals surface area contributed by atoms with Gasteiger partial charge in [-0.1, -0.05) is 29.8 Å². The number of hydrogen-bond acceptors (Lipinski definition) is 3. The van der Waals surface area contributed by atoms with Crippen LogP contribution in [-0.4, -0.2) is 16.2 Å². The molecule has 0 unspecified atom stereocenters. The Kier molecular flexibility index (Phi) is 4.53. The van der Waals surface area contributed by atoms with Crippen LogP contribution in [0.15, 0.2) is 70.5 Å². The smallest absolute Gasteiger partial charge is 0.320 e. The molecule has 0 aliphatic carbocycles. The molecule has 0 aliphatic heterocycles. The Morgan fingerprint density at radius 2 is 1.79 bits per heavy atom. The van der Waals surface area contributed by atoms with Gasteiger partial charge in [-0.25, -0.2) is 0 Å². The molecule has 1 heterocycles. The number of benzene rings is 2. The van der Waals surface area contributed by atoms with Gasteiger partial charge < -0.3 is 9.30 Å². The lowest BCUT2D eigenvalue weighted by atomic mass is 10.2. The van der Waals surface area contributed by atoms with Crippen molar-refractivity contribution in [3.05, 3.63) is 92.2 Å². The summed E-state index contributed by atoms with van der Waals surface area (Å²) in [5.74, 6) is 0.613. The minimum absolute atomic E-state index is 0.285. The van der Waals surface area contributed by atoms with Gasteiger partial charge in [0, 0.05) is 23.5 Å². The molecule has 0 amide bonds. The molecular weight excluding hydrogens is 328 g/mol. The Balaban J connectivity index is 2.00. The second-order valence-corrected chi connectivity index (χ2v) is 5.67. The van der Waals surface area contributed by atoms with Crippen molar-refractivity contribution in [2.24, 2.45) is 0 Å². The Labute approximate surface area is 143 Å². The van der Waals surface area contributed by atoms with Crippen LogP contribution >= 0.6 is 11.6 Å². The summed E-state index contributed by atoms with van der Waals surface area (Å²) in [5, 5.41) is 0.588. The van der Waals surface area contributed by atoms with Crippen LogP contribution in [0.5, 0.6) is 5.75 Å². The maximum absolute atomic E-state index is 12.4. The van der Waals surface area contributed by atoms with Crippen molar-refractivity contribution in [3.8, 4) is 11.4 Å². The van der Waals surface area contributed by atoms with E-state index in [4.69, 9.17) is 16.3 Å². The van der Waals surface area contributed by atoms with E-state index in [1.54, 1.807) is 62.0 Å². The van der Waals surface area contributed by atoms with Gasteiger partial charge in [-0.3, -0.25) is 14.2 Å². The third-order valence-corrected chi connectivity index (χ3v) is 3.87. The average molecular weight is 343 g/mol. The molecule has 0 spiro atoms. The summed E-state index contributed by atoms with van der Waals surface area (Å²) in [6, 6.07) is 14.2. The number of rotatable bonds is 4. The summed E-state index contributed by atoms with van der Waals surface area (Å²) in [5.41, 5.74) is 0.211. The molecule has 0 radical (unpaired) electrons. The van der Waals surface area contributed by atoms with Crippen LogP contribution in [0.1, 0.15) is 5.56 Å². The first-order chi connectivity index (χ1) is 11.6. The molecule has 0 fully saturated rings. The van der Waals surface area contributed by atoms with Crippen LogP contribution in [0, 0.1) is 0 Å². The zero-order valence-corrected chi connectivity index (χ0v) is 13.7. The van der Waals surface area contributed by atoms with E-state index in [-0.39, 0.29) is 6.54 Å². The van der Waals surface area contributed by atoms with Crippen molar-refractivity contribution >= 4 is 11.6 Å². The number of aromatic nitrogens is 2. The van der Waals surface area contributed by atoms with E-state index in [1.165, 1.54) is 9.13 Å². The van der Waals surface area contributed by atoms with Gasteiger partial charge in [-0.05, 0) is 29.8 Å². The van der Waals surface area contributed by atoms with E-state index in [0.717, 1.165) is 5.56 Å². The molecule has 6 heteroatoms. The standard InChI is InChI=1S/C18H15ClN2O3/c1-24-16-7-3-6-15(11-16)21-9-8-20(17(22)18(21)23)12-13-4-2-5-14(19)10-13/h2-11H,12H2,1H3. The fourth-order valence-corrected chi connectivity index (χ4v) is 2.64. The van der Waals surface area contributed by atoms with Gasteiger partial charge in [-0.15, -0.1) is 0 Å². The molecule has 5 nitrogen and oxygen atoms in total. The Hall–Kier alpha value is -2.79. The van der Waals surface area contributed by atoms with E-state index >= 15 is 0 Å². The number of methoxy groups -OCH3 is 1. The van der Waals surface area contributed by atoms with Crippen molar-refractivity contribution in [1.82, 2.24) is 9.13 Å². The second kappa shape index (κ2) is 6.76. The highest BCUT2D eigenvalue weighted by Crippen LogP contribution is 2.15. The van der Waals surface area contributed by atoms with Crippen LogP contribution in [0.4, 0.5) is 0 Å². The van der Waals surface area contributed by atoms with Crippen LogP contribution in [0.3, 0.4) is 0 Å². The molecule has 0 bridgehead atoms. The lowest BCUT2D eigenvalue weighted by molar-refractivity contribution is 0.414. The largest absolute Gasteiger partial charge is 0.497 e. The maximum atomic E-state index is 12.4. The minimum atomic E-state index is -0.618. The molecule has 2 aromatic carbocycles.